The van der Waals surface area contributed by atoms with Gasteiger partial charge in [-0.1, -0.05) is 18.2 Å². The molecule has 1 aromatic heterocycles. The summed E-state index contributed by atoms with van der Waals surface area (Å²) in [5.74, 6) is 0.835. The number of benzene rings is 2. The van der Waals surface area contributed by atoms with E-state index in [9.17, 15) is 14.4 Å². The molecule has 0 saturated carbocycles. The normalized spacial score (nSPS) is 15.2. The number of para-hydroxylation sites is 1. The molecule has 3 heterocycles. The quantitative estimate of drug-likeness (QED) is 0.463. The number of fused-ring (bicyclic) bond motifs is 2. The Hall–Kier alpha value is -3.94. The van der Waals surface area contributed by atoms with E-state index in [-0.39, 0.29) is 30.6 Å². The molecule has 3 aromatic rings. The number of rotatable bonds is 6. The second kappa shape index (κ2) is 8.90. The number of nitrogens with one attached hydrogen (secondary N) is 1. The minimum atomic E-state index is -0.230. The molecule has 0 spiro atoms. The number of nitrogens with zero attached hydrogens (tertiary/aromatic N) is 2. The predicted octanol–water partition coefficient (Wildman–Crippen LogP) is 2.94. The van der Waals surface area contributed by atoms with Crippen molar-refractivity contribution in [1.29, 1.82) is 0 Å². The first-order valence-corrected chi connectivity index (χ1v) is 11.0. The molecule has 3 amide bonds. The highest BCUT2D eigenvalue weighted by atomic mass is 16.6. The Balaban J connectivity index is 1.36. The highest BCUT2D eigenvalue weighted by Crippen LogP contribution is 2.35. The number of aromatic nitrogens is 1. The van der Waals surface area contributed by atoms with E-state index >= 15 is 0 Å². The number of carbonyl (C=O) groups excluding carboxylic acids is 3. The lowest BCUT2D eigenvalue weighted by molar-refractivity contribution is -0.138. The predicted molar refractivity (Wildman–Crippen MR) is 121 cm³/mol. The Morgan fingerprint density at radius 3 is 2.55 bits per heavy atom. The molecule has 1 fully saturated rings. The number of imide groups is 1. The minimum Gasteiger partial charge on any atom is -0.486 e. The van der Waals surface area contributed by atoms with Gasteiger partial charge in [-0.05, 0) is 36.8 Å². The van der Waals surface area contributed by atoms with Crippen molar-refractivity contribution in [2.75, 3.05) is 26.3 Å². The van der Waals surface area contributed by atoms with E-state index in [0.717, 1.165) is 10.9 Å². The van der Waals surface area contributed by atoms with Crippen molar-refractivity contribution in [2.24, 2.45) is 0 Å². The summed E-state index contributed by atoms with van der Waals surface area (Å²) in [7, 11) is 0. The van der Waals surface area contributed by atoms with Gasteiger partial charge in [0.25, 0.3) is 5.91 Å². The fraction of sp³-hybridized carbons (Fsp3) is 0.280. The standard InChI is InChI=1S/C25H23N3O5/c29-23-8-9-24(30)28(23)11-3-10-26-25(31)18-15-20(27-19-5-2-1-4-17(18)19)16-6-7-21-22(14-16)33-13-12-32-21/h1-2,4-7,14-15H,3,8-13H2,(H,26,31). The molecule has 2 aliphatic rings. The summed E-state index contributed by atoms with van der Waals surface area (Å²) >= 11 is 0. The average Bonchev–Trinajstić information content (AvgIpc) is 3.17. The Morgan fingerprint density at radius 2 is 1.73 bits per heavy atom. The molecule has 2 aliphatic heterocycles. The number of hydrogen-bond acceptors (Lipinski definition) is 6. The van der Waals surface area contributed by atoms with Gasteiger partial charge < -0.3 is 14.8 Å². The second-order valence-corrected chi connectivity index (χ2v) is 7.98. The number of likely N-dealkylation sites (tertiary alicyclic amines) is 1. The molecule has 5 rings (SSSR count). The van der Waals surface area contributed by atoms with Gasteiger partial charge in [-0.15, -0.1) is 0 Å². The van der Waals surface area contributed by atoms with E-state index in [4.69, 9.17) is 14.5 Å². The van der Waals surface area contributed by atoms with Crippen molar-refractivity contribution < 1.29 is 23.9 Å². The molecule has 0 bridgehead atoms. The summed E-state index contributed by atoms with van der Waals surface area (Å²) in [6.45, 7) is 1.68. The van der Waals surface area contributed by atoms with E-state index in [1.54, 1.807) is 6.07 Å². The number of ether oxygens (including phenoxy) is 2. The first-order chi connectivity index (χ1) is 16.1. The highest BCUT2D eigenvalue weighted by Gasteiger charge is 2.28. The lowest BCUT2D eigenvalue weighted by Crippen LogP contribution is -2.33. The average molecular weight is 445 g/mol. The van der Waals surface area contributed by atoms with Crippen LogP contribution in [0, 0.1) is 0 Å². The fourth-order valence-corrected chi connectivity index (χ4v) is 4.12. The molecular weight excluding hydrogens is 422 g/mol. The summed E-state index contributed by atoms with van der Waals surface area (Å²) < 4.78 is 11.3. The van der Waals surface area contributed by atoms with Gasteiger partial charge in [0.05, 0.1) is 16.8 Å². The van der Waals surface area contributed by atoms with Crippen LogP contribution in [0.25, 0.3) is 22.2 Å². The number of carbonyl (C=O) groups is 3. The Bertz CT molecular complexity index is 1240. The van der Waals surface area contributed by atoms with E-state index in [1.165, 1.54) is 4.90 Å². The summed E-state index contributed by atoms with van der Waals surface area (Å²) in [6.07, 6.45) is 1.05. The molecule has 2 aromatic carbocycles. The maximum absolute atomic E-state index is 13.1. The molecule has 0 unspecified atom stereocenters. The zero-order chi connectivity index (χ0) is 22.8. The van der Waals surface area contributed by atoms with Gasteiger partial charge >= 0.3 is 0 Å². The van der Waals surface area contributed by atoms with E-state index < -0.39 is 0 Å². The summed E-state index contributed by atoms with van der Waals surface area (Å²) in [6, 6.07) is 14.9. The van der Waals surface area contributed by atoms with Crippen LogP contribution in [-0.2, 0) is 9.59 Å². The molecule has 0 aliphatic carbocycles. The fourth-order valence-electron chi connectivity index (χ4n) is 4.12. The number of hydrogen-bond donors (Lipinski definition) is 1. The van der Waals surface area contributed by atoms with E-state index in [2.05, 4.69) is 5.32 Å². The van der Waals surface area contributed by atoms with Gasteiger partial charge in [0.15, 0.2) is 11.5 Å². The van der Waals surface area contributed by atoms with Gasteiger partial charge in [0, 0.05) is 36.9 Å². The lowest BCUT2D eigenvalue weighted by Gasteiger charge is -2.19. The van der Waals surface area contributed by atoms with Crippen LogP contribution >= 0.6 is 0 Å². The summed E-state index contributed by atoms with van der Waals surface area (Å²) in [5, 5.41) is 3.66. The first-order valence-electron chi connectivity index (χ1n) is 11.0. The van der Waals surface area contributed by atoms with Crippen molar-refractivity contribution in [3.05, 3.63) is 54.1 Å². The van der Waals surface area contributed by atoms with Crippen molar-refractivity contribution in [2.45, 2.75) is 19.3 Å². The van der Waals surface area contributed by atoms with Gasteiger partial charge in [-0.3, -0.25) is 19.3 Å². The van der Waals surface area contributed by atoms with Gasteiger partial charge in [0.2, 0.25) is 11.8 Å². The van der Waals surface area contributed by atoms with Crippen LogP contribution < -0.4 is 14.8 Å². The third kappa shape index (κ3) is 4.24. The number of pyridine rings is 1. The molecule has 1 saturated heterocycles. The van der Waals surface area contributed by atoms with Gasteiger partial charge in [-0.2, -0.15) is 0 Å². The largest absolute Gasteiger partial charge is 0.486 e. The van der Waals surface area contributed by atoms with Crippen LogP contribution in [0.5, 0.6) is 11.5 Å². The lowest BCUT2D eigenvalue weighted by atomic mass is 10.0. The molecule has 0 radical (unpaired) electrons. The Labute approximate surface area is 190 Å². The van der Waals surface area contributed by atoms with Crippen LogP contribution in [0.15, 0.2) is 48.5 Å². The number of amides is 3. The van der Waals surface area contributed by atoms with Crippen LogP contribution in [0.4, 0.5) is 0 Å². The molecule has 8 nitrogen and oxygen atoms in total. The maximum Gasteiger partial charge on any atom is 0.252 e. The molecule has 33 heavy (non-hydrogen) atoms. The van der Waals surface area contributed by atoms with Crippen LogP contribution in [-0.4, -0.2) is 53.9 Å². The van der Waals surface area contributed by atoms with Crippen molar-refractivity contribution >= 4 is 28.6 Å². The van der Waals surface area contributed by atoms with Gasteiger partial charge in [-0.25, -0.2) is 4.98 Å². The zero-order valence-electron chi connectivity index (χ0n) is 18.0. The van der Waals surface area contributed by atoms with Crippen molar-refractivity contribution in [3.63, 3.8) is 0 Å². The first kappa shape index (κ1) is 20.9. The summed E-state index contributed by atoms with van der Waals surface area (Å²) in [4.78, 5) is 42.6. The van der Waals surface area contributed by atoms with Crippen molar-refractivity contribution in [3.8, 4) is 22.8 Å². The Kier molecular flexibility index (Phi) is 5.64. The topological polar surface area (TPSA) is 97.8 Å². The zero-order valence-corrected chi connectivity index (χ0v) is 18.0. The minimum absolute atomic E-state index is 0.143. The smallest absolute Gasteiger partial charge is 0.252 e. The van der Waals surface area contributed by atoms with Gasteiger partial charge in [0.1, 0.15) is 13.2 Å². The monoisotopic (exact) mass is 445 g/mol. The highest BCUT2D eigenvalue weighted by molar-refractivity contribution is 6.07. The van der Waals surface area contributed by atoms with Crippen molar-refractivity contribution in [1.82, 2.24) is 15.2 Å². The molecular formula is C25H23N3O5. The third-order valence-electron chi connectivity index (χ3n) is 5.80. The molecule has 1 N–H and O–H groups in total. The van der Waals surface area contributed by atoms with Crippen LogP contribution in [0.2, 0.25) is 0 Å². The molecule has 8 heteroatoms. The third-order valence-corrected chi connectivity index (χ3v) is 5.80. The molecule has 0 atom stereocenters. The van der Waals surface area contributed by atoms with Crippen LogP contribution in [0.3, 0.4) is 0 Å². The van der Waals surface area contributed by atoms with E-state index in [1.807, 2.05) is 42.5 Å². The second-order valence-electron chi connectivity index (χ2n) is 7.98. The summed E-state index contributed by atoms with van der Waals surface area (Å²) in [5.41, 5.74) is 2.70. The maximum atomic E-state index is 13.1. The Morgan fingerprint density at radius 1 is 0.970 bits per heavy atom. The van der Waals surface area contributed by atoms with Crippen LogP contribution in [0.1, 0.15) is 29.6 Å². The molecule has 168 valence electrons. The van der Waals surface area contributed by atoms with E-state index in [0.29, 0.717) is 61.0 Å². The SMILES string of the molecule is O=C(NCCCN1C(=O)CCC1=O)c1cc(-c2ccc3c(c2)OCCO3)nc2ccccc12.